The van der Waals surface area contributed by atoms with Crippen molar-refractivity contribution in [3.8, 4) is 0 Å². The zero-order valence-corrected chi connectivity index (χ0v) is 9.70. The van der Waals surface area contributed by atoms with Crippen LogP contribution in [-0.2, 0) is 19.3 Å². The third-order valence-corrected chi connectivity index (χ3v) is 4.02. The van der Waals surface area contributed by atoms with Crippen molar-refractivity contribution in [2.75, 3.05) is 45.0 Å². The van der Waals surface area contributed by atoms with Crippen molar-refractivity contribution in [1.82, 2.24) is 5.01 Å². The highest BCUT2D eigenvalue weighted by atomic mass is 32.2. The lowest BCUT2D eigenvalue weighted by Gasteiger charge is -2.31. The van der Waals surface area contributed by atoms with E-state index in [0.717, 1.165) is 0 Å². The highest BCUT2D eigenvalue weighted by Gasteiger charge is 2.29. The Labute approximate surface area is 90.2 Å². The molecule has 2 N–H and O–H groups in total. The molecule has 0 saturated carbocycles. The lowest BCUT2D eigenvalue weighted by atomic mass is 10.3. The van der Waals surface area contributed by atoms with E-state index in [1.54, 1.807) is 7.11 Å². The molecule has 0 aromatic rings. The van der Waals surface area contributed by atoms with E-state index in [1.807, 2.05) is 0 Å². The van der Waals surface area contributed by atoms with E-state index in [1.165, 1.54) is 5.01 Å². The quantitative estimate of drug-likeness (QED) is 0.470. The maximum Gasteiger partial charge on any atom is 0.153 e. The van der Waals surface area contributed by atoms with Gasteiger partial charge < -0.3 is 9.47 Å². The second kappa shape index (κ2) is 5.76. The van der Waals surface area contributed by atoms with Gasteiger partial charge in [0.05, 0.1) is 37.4 Å². The zero-order chi connectivity index (χ0) is 11.3. The van der Waals surface area contributed by atoms with Gasteiger partial charge >= 0.3 is 0 Å². The number of sulfone groups is 1. The van der Waals surface area contributed by atoms with Crippen molar-refractivity contribution < 1.29 is 17.9 Å². The van der Waals surface area contributed by atoms with Crippen molar-refractivity contribution in [3.05, 3.63) is 0 Å². The van der Waals surface area contributed by atoms with Crippen LogP contribution in [0.4, 0.5) is 0 Å². The topological polar surface area (TPSA) is 81.9 Å². The first-order valence-corrected chi connectivity index (χ1v) is 6.66. The number of methoxy groups -OCH3 is 1. The summed E-state index contributed by atoms with van der Waals surface area (Å²) in [7, 11) is -1.35. The monoisotopic (exact) mass is 238 g/mol. The van der Waals surface area contributed by atoms with Gasteiger partial charge in [-0.15, -0.1) is 0 Å². The van der Waals surface area contributed by atoms with Crippen molar-refractivity contribution >= 4 is 9.84 Å². The minimum Gasteiger partial charge on any atom is -0.382 e. The van der Waals surface area contributed by atoms with Crippen LogP contribution >= 0.6 is 0 Å². The van der Waals surface area contributed by atoms with Crippen LogP contribution < -0.4 is 5.84 Å². The largest absolute Gasteiger partial charge is 0.382 e. The van der Waals surface area contributed by atoms with Gasteiger partial charge in [-0.25, -0.2) is 13.4 Å². The summed E-state index contributed by atoms with van der Waals surface area (Å²) < 4.78 is 32.7. The lowest BCUT2D eigenvalue weighted by Crippen LogP contribution is -2.54. The fourth-order valence-corrected chi connectivity index (χ4v) is 2.93. The predicted octanol–water partition coefficient (Wildman–Crippen LogP) is -1.38. The van der Waals surface area contributed by atoms with Gasteiger partial charge in [0.1, 0.15) is 0 Å². The highest BCUT2D eigenvalue weighted by molar-refractivity contribution is 7.91. The van der Waals surface area contributed by atoms with E-state index in [0.29, 0.717) is 26.4 Å². The number of hydrogen-bond donors (Lipinski definition) is 1. The van der Waals surface area contributed by atoms with Crippen molar-refractivity contribution in [2.24, 2.45) is 5.84 Å². The smallest absolute Gasteiger partial charge is 0.153 e. The van der Waals surface area contributed by atoms with Crippen molar-refractivity contribution in [2.45, 2.75) is 6.04 Å². The second-order valence-corrected chi connectivity index (χ2v) is 5.80. The number of nitrogens with two attached hydrogens (primary N) is 1. The molecule has 1 atom stereocenters. The van der Waals surface area contributed by atoms with E-state index < -0.39 is 9.84 Å². The maximum absolute atomic E-state index is 11.3. The molecule has 1 fully saturated rings. The molecule has 15 heavy (non-hydrogen) atoms. The highest BCUT2D eigenvalue weighted by Crippen LogP contribution is 2.08. The summed E-state index contributed by atoms with van der Waals surface area (Å²) >= 11 is 0. The lowest BCUT2D eigenvalue weighted by molar-refractivity contribution is 0.0349. The van der Waals surface area contributed by atoms with Crippen molar-refractivity contribution in [3.63, 3.8) is 0 Å². The summed E-state index contributed by atoms with van der Waals surface area (Å²) in [6, 6.07) is -0.236. The molecule has 6 nitrogen and oxygen atoms in total. The molecule has 7 heteroatoms. The molecule has 1 unspecified atom stereocenters. The van der Waals surface area contributed by atoms with Crippen LogP contribution in [0.15, 0.2) is 0 Å². The Bertz CT molecular complexity index is 280. The Hall–Kier alpha value is -0.210. The molecule has 0 spiro atoms. The van der Waals surface area contributed by atoms with Gasteiger partial charge in [0.2, 0.25) is 0 Å². The van der Waals surface area contributed by atoms with Crippen molar-refractivity contribution in [1.29, 1.82) is 0 Å². The number of hydrogen-bond acceptors (Lipinski definition) is 6. The Morgan fingerprint density at radius 1 is 1.47 bits per heavy atom. The molecule has 1 aliphatic rings. The number of nitrogens with zero attached hydrogens (tertiary/aromatic N) is 1. The van der Waals surface area contributed by atoms with Crippen LogP contribution in [0, 0.1) is 0 Å². The molecular weight excluding hydrogens is 220 g/mol. The van der Waals surface area contributed by atoms with Crippen LogP contribution in [-0.4, -0.2) is 64.4 Å². The van der Waals surface area contributed by atoms with E-state index in [-0.39, 0.29) is 17.5 Å². The molecule has 0 aliphatic carbocycles. The summed E-state index contributed by atoms with van der Waals surface area (Å²) in [6.45, 7) is 1.67. The van der Waals surface area contributed by atoms with Gasteiger partial charge in [-0.05, 0) is 0 Å². The molecule has 0 aromatic heterocycles. The Balaban J connectivity index is 2.32. The molecule has 90 valence electrons. The maximum atomic E-state index is 11.3. The van der Waals surface area contributed by atoms with Crippen LogP contribution in [0.5, 0.6) is 0 Å². The molecule has 0 bridgehead atoms. The molecule has 1 rings (SSSR count). The SMILES string of the molecule is COCCOCC1CS(=O)(=O)CCN1N. The average Bonchev–Trinajstić information content (AvgIpc) is 2.18. The fourth-order valence-electron chi connectivity index (χ4n) is 1.40. The van der Waals surface area contributed by atoms with E-state index in [2.05, 4.69) is 0 Å². The van der Waals surface area contributed by atoms with E-state index >= 15 is 0 Å². The second-order valence-electron chi connectivity index (χ2n) is 3.57. The molecule has 0 aromatic carbocycles. The summed E-state index contributed by atoms with van der Waals surface area (Å²) in [5.41, 5.74) is 0. The molecule has 0 amide bonds. The Morgan fingerprint density at radius 2 is 2.20 bits per heavy atom. The molecule has 1 heterocycles. The normalized spacial score (nSPS) is 26.7. The Morgan fingerprint density at radius 3 is 2.87 bits per heavy atom. The molecule has 1 saturated heterocycles. The summed E-state index contributed by atoms with van der Waals surface area (Å²) in [6.07, 6.45) is 0. The first-order valence-electron chi connectivity index (χ1n) is 4.83. The summed E-state index contributed by atoms with van der Waals surface area (Å²) in [4.78, 5) is 0. The minimum absolute atomic E-state index is 0.0798. The summed E-state index contributed by atoms with van der Waals surface area (Å²) in [5, 5.41) is 1.54. The van der Waals surface area contributed by atoms with Crippen LogP contribution in [0.2, 0.25) is 0 Å². The molecule has 0 radical (unpaired) electrons. The minimum atomic E-state index is -2.94. The van der Waals surface area contributed by atoms with E-state index in [4.69, 9.17) is 15.3 Å². The number of ether oxygens (including phenoxy) is 2. The first-order chi connectivity index (χ1) is 7.05. The van der Waals surface area contributed by atoms with Crippen LogP contribution in [0.25, 0.3) is 0 Å². The third-order valence-electron chi connectivity index (χ3n) is 2.32. The predicted molar refractivity (Wildman–Crippen MR) is 56.0 cm³/mol. The van der Waals surface area contributed by atoms with Gasteiger partial charge in [0.15, 0.2) is 9.84 Å². The first kappa shape index (κ1) is 12.9. The van der Waals surface area contributed by atoms with Gasteiger partial charge in [-0.2, -0.15) is 0 Å². The standard InChI is InChI=1S/C8H18N2O4S/c1-13-3-4-14-6-8-7-15(11,12)5-2-10(8)9/h8H,2-7,9H2,1H3. The number of rotatable bonds is 5. The van der Waals surface area contributed by atoms with Gasteiger partial charge in [0.25, 0.3) is 0 Å². The van der Waals surface area contributed by atoms with Gasteiger partial charge in [-0.1, -0.05) is 0 Å². The third kappa shape index (κ3) is 4.43. The van der Waals surface area contributed by atoms with E-state index in [9.17, 15) is 8.42 Å². The Kier molecular flexibility index (Phi) is 4.94. The fraction of sp³-hybridized carbons (Fsp3) is 1.00. The number of hydrazine groups is 1. The summed E-state index contributed by atoms with van der Waals surface area (Å²) in [5.74, 6) is 5.89. The van der Waals surface area contributed by atoms with Gasteiger partial charge in [0, 0.05) is 13.7 Å². The van der Waals surface area contributed by atoms with Gasteiger partial charge in [-0.3, -0.25) is 5.84 Å². The average molecular weight is 238 g/mol. The molecule has 1 aliphatic heterocycles. The van der Waals surface area contributed by atoms with Crippen LogP contribution in [0.1, 0.15) is 0 Å². The van der Waals surface area contributed by atoms with Crippen LogP contribution in [0.3, 0.4) is 0 Å². The zero-order valence-electron chi connectivity index (χ0n) is 8.89. The molecular formula is C8H18N2O4S.